The highest BCUT2D eigenvalue weighted by Crippen LogP contribution is 2.25. The minimum absolute atomic E-state index is 0.152. The second-order valence-electron chi connectivity index (χ2n) is 5.36. The Morgan fingerprint density at radius 2 is 1.84 bits per heavy atom. The number of aromatic nitrogens is 2. The minimum atomic E-state index is -0.502. The number of nitrogens with one attached hydrogen (secondary N) is 1. The summed E-state index contributed by atoms with van der Waals surface area (Å²) in [5.41, 5.74) is 0.328. The summed E-state index contributed by atoms with van der Waals surface area (Å²) in [6.07, 6.45) is 0. The van der Waals surface area contributed by atoms with Gasteiger partial charge < -0.3 is 4.98 Å². The molecule has 19 heavy (non-hydrogen) atoms. The second-order valence-corrected chi connectivity index (χ2v) is 5.77. The highest BCUT2D eigenvalue weighted by molar-refractivity contribution is 7.71. The van der Waals surface area contributed by atoms with Gasteiger partial charge in [0, 0.05) is 11.0 Å². The van der Waals surface area contributed by atoms with Gasteiger partial charge in [0.05, 0.1) is 5.69 Å². The molecular formula is C14H14F2N2S. The van der Waals surface area contributed by atoms with Gasteiger partial charge in [0.2, 0.25) is 0 Å². The Morgan fingerprint density at radius 1 is 1.16 bits per heavy atom. The van der Waals surface area contributed by atoms with E-state index in [1.54, 1.807) is 0 Å². The van der Waals surface area contributed by atoms with Gasteiger partial charge in [0.25, 0.3) is 0 Å². The van der Waals surface area contributed by atoms with Crippen molar-refractivity contribution >= 4 is 12.2 Å². The molecule has 1 N–H and O–H groups in total. The van der Waals surface area contributed by atoms with Crippen LogP contribution in [-0.4, -0.2) is 9.97 Å². The molecule has 2 nitrogen and oxygen atoms in total. The fourth-order valence-electron chi connectivity index (χ4n) is 1.66. The Bertz CT molecular complexity index is 672. The number of benzene rings is 1. The SMILES string of the molecule is CC(C)(C)c1nc(=S)cc(-c2cc(F)ccc2F)[nH]1. The van der Waals surface area contributed by atoms with Crippen molar-refractivity contribution < 1.29 is 8.78 Å². The molecule has 0 saturated heterocycles. The van der Waals surface area contributed by atoms with Crippen LogP contribution in [0.5, 0.6) is 0 Å². The maximum Gasteiger partial charge on any atom is 0.132 e. The first-order valence-corrected chi connectivity index (χ1v) is 6.25. The van der Waals surface area contributed by atoms with Crippen LogP contribution in [0.3, 0.4) is 0 Å². The summed E-state index contributed by atoms with van der Waals surface area (Å²) in [6, 6.07) is 4.85. The van der Waals surface area contributed by atoms with Crippen LogP contribution in [0.25, 0.3) is 11.3 Å². The van der Waals surface area contributed by atoms with E-state index in [0.717, 1.165) is 18.2 Å². The third-order valence-electron chi connectivity index (χ3n) is 2.67. The first-order chi connectivity index (χ1) is 8.77. The fourth-order valence-corrected chi connectivity index (χ4v) is 1.87. The summed E-state index contributed by atoms with van der Waals surface area (Å²) >= 11 is 5.08. The number of H-pyrrole nitrogens is 1. The molecule has 0 fully saturated rings. The highest BCUT2D eigenvalue weighted by atomic mass is 32.1. The molecule has 2 aromatic rings. The van der Waals surface area contributed by atoms with Crippen LogP contribution in [0, 0.1) is 16.3 Å². The first-order valence-electron chi connectivity index (χ1n) is 5.84. The molecule has 0 saturated carbocycles. The van der Waals surface area contributed by atoms with Crippen molar-refractivity contribution in [2.75, 3.05) is 0 Å². The third kappa shape index (κ3) is 3.04. The molecule has 0 aliphatic carbocycles. The first kappa shape index (κ1) is 13.8. The molecule has 2 rings (SSSR count). The number of hydrogen-bond acceptors (Lipinski definition) is 2. The molecule has 0 spiro atoms. The molecule has 0 aliphatic heterocycles. The summed E-state index contributed by atoms with van der Waals surface area (Å²) < 4.78 is 27.4. The molecule has 0 bridgehead atoms. The van der Waals surface area contributed by atoms with E-state index in [2.05, 4.69) is 9.97 Å². The summed E-state index contributed by atoms with van der Waals surface area (Å²) in [7, 11) is 0. The maximum absolute atomic E-state index is 13.8. The molecular weight excluding hydrogens is 266 g/mol. The van der Waals surface area contributed by atoms with Crippen molar-refractivity contribution in [2.24, 2.45) is 0 Å². The van der Waals surface area contributed by atoms with Crippen LogP contribution in [0.1, 0.15) is 26.6 Å². The molecule has 0 unspecified atom stereocenters. The predicted molar refractivity (Wildman–Crippen MR) is 73.5 cm³/mol. The Balaban J connectivity index is 2.66. The van der Waals surface area contributed by atoms with Crippen LogP contribution in [0.2, 0.25) is 0 Å². The van der Waals surface area contributed by atoms with E-state index >= 15 is 0 Å². The third-order valence-corrected chi connectivity index (χ3v) is 2.88. The van der Waals surface area contributed by atoms with E-state index in [1.165, 1.54) is 6.07 Å². The lowest BCUT2D eigenvalue weighted by atomic mass is 9.95. The lowest BCUT2D eigenvalue weighted by Gasteiger charge is -2.18. The lowest BCUT2D eigenvalue weighted by molar-refractivity contribution is 0.544. The average molecular weight is 280 g/mol. The van der Waals surface area contributed by atoms with Crippen molar-refractivity contribution in [3.63, 3.8) is 0 Å². The van der Waals surface area contributed by atoms with E-state index in [9.17, 15) is 8.78 Å². The van der Waals surface area contributed by atoms with Gasteiger partial charge in [-0.05, 0) is 24.3 Å². The topological polar surface area (TPSA) is 28.7 Å². The van der Waals surface area contributed by atoms with Crippen molar-refractivity contribution in [3.05, 3.63) is 46.4 Å². The highest BCUT2D eigenvalue weighted by Gasteiger charge is 2.18. The molecule has 0 aliphatic rings. The summed E-state index contributed by atoms with van der Waals surface area (Å²) in [4.78, 5) is 7.25. The minimum Gasteiger partial charge on any atom is -0.343 e. The van der Waals surface area contributed by atoms with Gasteiger partial charge in [0.15, 0.2) is 0 Å². The van der Waals surface area contributed by atoms with Gasteiger partial charge in [-0.15, -0.1) is 0 Å². The van der Waals surface area contributed by atoms with Crippen LogP contribution < -0.4 is 0 Å². The van der Waals surface area contributed by atoms with Crippen LogP contribution in [0.4, 0.5) is 8.78 Å². The Labute approximate surface area is 115 Å². The van der Waals surface area contributed by atoms with Gasteiger partial charge in [-0.2, -0.15) is 0 Å². The Morgan fingerprint density at radius 3 is 2.47 bits per heavy atom. The molecule has 1 aromatic heterocycles. The Hall–Kier alpha value is -1.62. The number of halogens is 2. The molecule has 0 radical (unpaired) electrons. The quantitative estimate of drug-likeness (QED) is 0.785. The lowest BCUT2D eigenvalue weighted by Crippen LogP contribution is -2.16. The van der Waals surface area contributed by atoms with Gasteiger partial charge in [-0.1, -0.05) is 33.0 Å². The number of nitrogens with zero attached hydrogens (tertiary/aromatic N) is 1. The molecule has 100 valence electrons. The van der Waals surface area contributed by atoms with Gasteiger partial charge in [-0.25, -0.2) is 13.8 Å². The van der Waals surface area contributed by atoms with E-state index in [4.69, 9.17) is 12.2 Å². The summed E-state index contributed by atoms with van der Waals surface area (Å²) in [5.74, 6) is -0.360. The van der Waals surface area contributed by atoms with Gasteiger partial charge >= 0.3 is 0 Å². The van der Waals surface area contributed by atoms with Crippen molar-refractivity contribution in [2.45, 2.75) is 26.2 Å². The number of rotatable bonds is 1. The van der Waals surface area contributed by atoms with Gasteiger partial charge in [-0.3, -0.25) is 0 Å². The number of hydrogen-bond donors (Lipinski definition) is 1. The smallest absolute Gasteiger partial charge is 0.132 e. The second kappa shape index (κ2) is 4.81. The van der Waals surface area contributed by atoms with Gasteiger partial charge in [0.1, 0.15) is 22.1 Å². The maximum atomic E-state index is 13.8. The predicted octanol–water partition coefficient (Wildman–Crippen LogP) is 4.38. The van der Waals surface area contributed by atoms with Crippen molar-refractivity contribution in [1.82, 2.24) is 9.97 Å². The summed E-state index contributed by atoms with van der Waals surface area (Å²) in [6.45, 7) is 5.89. The standard InChI is InChI=1S/C14H14F2N2S/c1-14(2,3)13-17-11(7-12(19)18-13)9-6-8(15)4-5-10(9)16/h4-7H,1-3H3,(H,17,18,19). The van der Waals surface area contributed by atoms with E-state index in [0.29, 0.717) is 16.2 Å². The largest absolute Gasteiger partial charge is 0.343 e. The van der Waals surface area contributed by atoms with Crippen molar-refractivity contribution in [3.8, 4) is 11.3 Å². The Kier molecular flexibility index (Phi) is 3.49. The monoisotopic (exact) mass is 280 g/mol. The van der Waals surface area contributed by atoms with Crippen molar-refractivity contribution in [1.29, 1.82) is 0 Å². The zero-order valence-electron chi connectivity index (χ0n) is 10.9. The van der Waals surface area contributed by atoms with E-state index in [1.807, 2.05) is 20.8 Å². The fraction of sp³-hybridized carbons (Fsp3) is 0.286. The van der Waals surface area contributed by atoms with Crippen LogP contribution >= 0.6 is 12.2 Å². The molecule has 1 aromatic carbocycles. The zero-order valence-corrected chi connectivity index (χ0v) is 11.7. The molecule has 0 atom stereocenters. The average Bonchev–Trinajstić information content (AvgIpc) is 2.30. The van der Waals surface area contributed by atoms with E-state index < -0.39 is 11.6 Å². The van der Waals surface area contributed by atoms with E-state index in [-0.39, 0.29) is 11.0 Å². The molecule has 1 heterocycles. The number of aromatic amines is 1. The molecule has 5 heteroatoms. The molecule has 0 amide bonds. The zero-order chi connectivity index (χ0) is 14.2. The van der Waals surface area contributed by atoms with Crippen LogP contribution in [-0.2, 0) is 5.41 Å². The van der Waals surface area contributed by atoms with Crippen LogP contribution in [0.15, 0.2) is 24.3 Å². The normalized spacial score (nSPS) is 11.6. The summed E-state index contributed by atoms with van der Waals surface area (Å²) in [5, 5.41) is 0.